The van der Waals surface area contributed by atoms with E-state index in [0.717, 1.165) is 11.4 Å². The molecule has 3 nitrogen and oxygen atoms in total. The molecule has 1 aromatic heterocycles. The van der Waals surface area contributed by atoms with Crippen molar-refractivity contribution in [2.75, 3.05) is 0 Å². The second-order valence-electron chi connectivity index (χ2n) is 4.91. The Bertz CT molecular complexity index is 834. The summed E-state index contributed by atoms with van der Waals surface area (Å²) in [5.74, 6) is 0. The maximum atomic E-state index is 6.09. The molecule has 0 atom stereocenters. The van der Waals surface area contributed by atoms with E-state index in [1.165, 1.54) is 0 Å². The van der Waals surface area contributed by atoms with Crippen molar-refractivity contribution in [3.8, 4) is 0 Å². The van der Waals surface area contributed by atoms with Crippen LogP contribution in [0, 0.1) is 0 Å². The standard InChI is InChI=1S/C19H13Cl2N3/c20-16-8-1-3-10-18(16)22-12-14-6-5-7-15(24-14)13-23-19-11-4-2-9-17(19)21/h1-13H. The van der Waals surface area contributed by atoms with Crippen molar-refractivity contribution in [2.45, 2.75) is 0 Å². The van der Waals surface area contributed by atoms with E-state index in [1.54, 1.807) is 24.6 Å². The molecule has 3 aromatic rings. The smallest absolute Gasteiger partial charge is 0.0820 e. The largest absolute Gasteiger partial charge is 0.253 e. The molecule has 0 radical (unpaired) electrons. The first-order valence-corrected chi connectivity index (χ1v) is 8.02. The third-order valence-corrected chi connectivity index (χ3v) is 3.81. The lowest BCUT2D eigenvalue weighted by molar-refractivity contribution is 1.27. The third-order valence-electron chi connectivity index (χ3n) is 3.17. The highest BCUT2D eigenvalue weighted by Gasteiger charge is 1.98. The van der Waals surface area contributed by atoms with Crippen molar-refractivity contribution >= 4 is 47.0 Å². The fourth-order valence-electron chi connectivity index (χ4n) is 2.00. The molecule has 0 N–H and O–H groups in total. The maximum absolute atomic E-state index is 6.09. The van der Waals surface area contributed by atoms with Gasteiger partial charge in [-0.05, 0) is 36.4 Å². The highest BCUT2D eigenvalue weighted by Crippen LogP contribution is 2.24. The van der Waals surface area contributed by atoms with Gasteiger partial charge in [0.25, 0.3) is 0 Å². The summed E-state index contributed by atoms with van der Waals surface area (Å²) < 4.78 is 0. The van der Waals surface area contributed by atoms with E-state index in [9.17, 15) is 0 Å². The van der Waals surface area contributed by atoms with E-state index in [4.69, 9.17) is 23.2 Å². The molecule has 118 valence electrons. The number of pyridine rings is 1. The predicted octanol–water partition coefficient (Wildman–Crippen LogP) is 5.89. The van der Waals surface area contributed by atoms with Crippen molar-refractivity contribution in [3.63, 3.8) is 0 Å². The number of aromatic nitrogens is 1. The topological polar surface area (TPSA) is 37.6 Å². The Kier molecular flexibility index (Phi) is 5.36. The normalized spacial score (nSPS) is 11.4. The molecular formula is C19H13Cl2N3. The molecular weight excluding hydrogens is 341 g/mol. The molecule has 0 aliphatic carbocycles. The molecule has 0 aliphatic heterocycles. The van der Waals surface area contributed by atoms with Crippen LogP contribution in [0.15, 0.2) is 76.7 Å². The fraction of sp³-hybridized carbons (Fsp3) is 0. The zero-order valence-electron chi connectivity index (χ0n) is 12.6. The quantitative estimate of drug-likeness (QED) is 0.538. The lowest BCUT2D eigenvalue weighted by Crippen LogP contribution is -1.93. The zero-order valence-corrected chi connectivity index (χ0v) is 14.1. The minimum absolute atomic E-state index is 0.602. The van der Waals surface area contributed by atoms with Crippen LogP contribution in [0.4, 0.5) is 11.4 Å². The average molecular weight is 354 g/mol. The molecule has 0 fully saturated rings. The molecule has 2 aromatic carbocycles. The Balaban J connectivity index is 1.80. The van der Waals surface area contributed by atoms with E-state index in [-0.39, 0.29) is 0 Å². The van der Waals surface area contributed by atoms with Crippen LogP contribution in [0.5, 0.6) is 0 Å². The molecule has 0 unspecified atom stereocenters. The summed E-state index contributed by atoms with van der Waals surface area (Å²) in [5.41, 5.74) is 2.85. The Morgan fingerprint density at radius 2 is 1.08 bits per heavy atom. The molecule has 0 amide bonds. The van der Waals surface area contributed by atoms with E-state index in [1.807, 2.05) is 54.6 Å². The van der Waals surface area contributed by atoms with Crippen LogP contribution < -0.4 is 0 Å². The molecule has 0 aliphatic rings. The van der Waals surface area contributed by atoms with E-state index in [0.29, 0.717) is 21.4 Å². The Hall–Kier alpha value is -2.49. The first-order valence-electron chi connectivity index (χ1n) is 7.26. The number of hydrogen-bond donors (Lipinski definition) is 0. The number of nitrogens with zero attached hydrogens (tertiary/aromatic N) is 3. The maximum Gasteiger partial charge on any atom is 0.0820 e. The highest BCUT2D eigenvalue weighted by atomic mass is 35.5. The summed E-state index contributed by atoms with van der Waals surface area (Å²) in [6, 6.07) is 20.4. The molecule has 0 bridgehead atoms. The minimum atomic E-state index is 0.602. The van der Waals surface area contributed by atoms with E-state index < -0.39 is 0 Å². The van der Waals surface area contributed by atoms with Crippen LogP contribution in [0.3, 0.4) is 0 Å². The fourth-order valence-corrected chi connectivity index (χ4v) is 2.37. The van der Waals surface area contributed by atoms with Crippen molar-refractivity contribution in [1.29, 1.82) is 0 Å². The van der Waals surface area contributed by atoms with Gasteiger partial charge >= 0.3 is 0 Å². The average Bonchev–Trinajstić information content (AvgIpc) is 2.61. The van der Waals surface area contributed by atoms with Crippen LogP contribution in [-0.4, -0.2) is 17.4 Å². The van der Waals surface area contributed by atoms with Crippen LogP contribution in [0.1, 0.15) is 11.4 Å². The van der Waals surface area contributed by atoms with Gasteiger partial charge in [0, 0.05) is 0 Å². The second-order valence-corrected chi connectivity index (χ2v) is 5.72. The Morgan fingerprint density at radius 3 is 1.54 bits per heavy atom. The third kappa shape index (κ3) is 4.28. The molecule has 5 heteroatoms. The van der Waals surface area contributed by atoms with Crippen LogP contribution in [-0.2, 0) is 0 Å². The number of hydrogen-bond acceptors (Lipinski definition) is 3. The van der Waals surface area contributed by atoms with Gasteiger partial charge in [0.1, 0.15) is 0 Å². The van der Waals surface area contributed by atoms with Crippen molar-refractivity contribution in [3.05, 3.63) is 88.2 Å². The summed E-state index contributed by atoms with van der Waals surface area (Å²) in [6.07, 6.45) is 3.35. The van der Waals surface area contributed by atoms with Gasteiger partial charge < -0.3 is 0 Å². The number of benzene rings is 2. The summed E-state index contributed by atoms with van der Waals surface area (Å²) in [4.78, 5) is 13.2. The monoisotopic (exact) mass is 353 g/mol. The Morgan fingerprint density at radius 1 is 0.625 bits per heavy atom. The van der Waals surface area contributed by atoms with Crippen molar-refractivity contribution in [1.82, 2.24) is 4.98 Å². The number of rotatable bonds is 4. The van der Waals surface area contributed by atoms with E-state index in [2.05, 4.69) is 15.0 Å². The molecule has 0 saturated heterocycles. The van der Waals surface area contributed by atoms with Crippen LogP contribution in [0.25, 0.3) is 0 Å². The van der Waals surface area contributed by atoms with Gasteiger partial charge in [-0.1, -0.05) is 53.5 Å². The number of para-hydroxylation sites is 2. The first-order chi connectivity index (χ1) is 11.7. The lowest BCUT2D eigenvalue weighted by atomic mass is 10.3. The minimum Gasteiger partial charge on any atom is -0.253 e. The summed E-state index contributed by atoms with van der Waals surface area (Å²) >= 11 is 12.2. The van der Waals surface area contributed by atoms with Gasteiger partial charge in [0.15, 0.2) is 0 Å². The van der Waals surface area contributed by atoms with Crippen molar-refractivity contribution in [2.24, 2.45) is 9.98 Å². The van der Waals surface area contributed by atoms with Gasteiger partial charge in [0.05, 0.1) is 45.2 Å². The number of aliphatic imine (C=N–C) groups is 2. The molecule has 0 saturated carbocycles. The van der Waals surface area contributed by atoms with Gasteiger partial charge in [-0.3, -0.25) is 9.98 Å². The Labute approximate surface area is 150 Å². The SMILES string of the molecule is Clc1ccccc1N=Cc1cccc(C=Nc2ccccc2Cl)n1. The van der Waals surface area contributed by atoms with Crippen molar-refractivity contribution < 1.29 is 0 Å². The van der Waals surface area contributed by atoms with Crippen LogP contribution in [0.2, 0.25) is 10.0 Å². The molecule has 0 spiro atoms. The summed E-state index contributed by atoms with van der Waals surface area (Å²) in [7, 11) is 0. The zero-order chi connectivity index (χ0) is 16.8. The van der Waals surface area contributed by atoms with Gasteiger partial charge in [-0.25, -0.2) is 4.98 Å². The predicted molar refractivity (Wildman–Crippen MR) is 102 cm³/mol. The molecule has 24 heavy (non-hydrogen) atoms. The summed E-state index contributed by atoms with van der Waals surface area (Å²) in [5, 5.41) is 1.20. The first kappa shape index (κ1) is 16.4. The van der Waals surface area contributed by atoms with Gasteiger partial charge in [0.2, 0.25) is 0 Å². The van der Waals surface area contributed by atoms with Gasteiger partial charge in [-0.2, -0.15) is 0 Å². The highest BCUT2D eigenvalue weighted by molar-refractivity contribution is 6.33. The number of halogens is 2. The van der Waals surface area contributed by atoms with Crippen LogP contribution >= 0.6 is 23.2 Å². The lowest BCUT2D eigenvalue weighted by Gasteiger charge is -1.99. The van der Waals surface area contributed by atoms with Gasteiger partial charge in [-0.15, -0.1) is 0 Å². The van der Waals surface area contributed by atoms with E-state index >= 15 is 0 Å². The summed E-state index contributed by atoms with van der Waals surface area (Å²) in [6.45, 7) is 0. The molecule has 1 heterocycles. The second kappa shape index (κ2) is 7.86. The molecule has 3 rings (SSSR count).